The van der Waals surface area contributed by atoms with E-state index >= 15 is 0 Å². The Morgan fingerprint density at radius 2 is 1.23 bits per heavy atom. The lowest BCUT2D eigenvalue weighted by Gasteiger charge is -2.34. The van der Waals surface area contributed by atoms with E-state index in [1.54, 1.807) is 52.7 Å². The Morgan fingerprint density at radius 1 is 0.744 bits per heavy atom. The van der Waals surface area contributed by atoms with Crippen LogP contribution in [0.5, 0.6) is 28.7 Å². The molecule has 1 heterocycles. The predicted molar refractivity (Wildman–Crippen MR) is 141 cm³/mol. The molecule has 2 aromatic rings. The van der Waals surface area contributed by atoms with E-state index in [9.17, 15) is 14.4 Å². The molecule has 0 saturated carbocycles. The normalized spacial score (nSPS) is 13.6. The first-order valence-corrected chi connectivity index (χ1v) is 11.9. The third kappa shape index (κ3) is 10.5. The van der Waals surface area contributed by atoms with Crippen molar-refractivity contribution in [3.05, 3.63) is 54.1 Å². The van der Waals surface area contributed by atoms with Gasteiger partial charge in [-0.3, -0.25) is 14.6 Å². The van der Waals surface area contributed by atoms with Crippen LogP contribution in [0, 0.1) is 0 Å². The van der Waals surface area contributed by atoms with Gasteiger partial charge < -0.3 is 33.9 Å². The molecule has 1 aliphatic rings. The Kier molecular flexibility index (Phi) is 12.6. The number of carbonyl (C=O) groups is 3. The van der Waals surface area contributed by atoms with Crippen LogP contribution < -0.4 is 23.7 Å². The van der Waals surface area contributed by atoms with Crippen molar-refractivity contribution in [3.8, 4) is 28.7 Å². The predicted octanol–water partition coefficient (Wildman–Crippen LogP) is 2.16. The van der Waals surface area contributed by atoms with Crippen molar-refractivity contribution < 1.29 is 48.3 Å². The average Bonchev–Trinajstić information content (AvgIpc) is 2.93. The van der Waals surface area contributed by atoms with Crippen LogP contribution in [0.25, 0.3) is 0 Å². The highest BCUT2D eigenvalue weighted by molar-refractivity contribution is 5.89. The number of carboxylic acid groups (broad SMARTS) is 2. The second-order valence-corrected chi connectivity index (χ2v) is 8.25. The summed E-state index contributed by atoms with van der Waals surface area (Å²) in [6.07, 6.45) is 1.12. The molecule has 39 heavy (non-hydrogen) atoms. The van der Waals surface area contributed by atoms with E-state index in [1.807, 2.05) is 12.1 Å². The van der Waals surface area contributed by atoms with E-state index in [0.29, 0.717) is 35.2 Å². The van der Waals surface area contributed by atoms with Crippen molar-refractivity contribution in [3.63, 3.8) is 0 Å². The fourth-order valence-corrected chi connectivity index (χ4v) is 3.72. The molecule has 0 bridgehead atoms. The third-order valence-corrected chi connectivity index (χ3v) is 5.61. The van der Waals surface area contributed by atoms with Gasteiger partial charge in [0.25, 0.3) is 0 Å². The SMILES string of the molecule is COc1ccc(OC(=O)CN2CCN(Cc3cc(OC)c(OC)c(OC)c3)CC2)cc1.O=C(O)/C=C/C(=O)O. The van der Waals surface area contributed by atoms with Gasteiger partial charge in [0.2, 0.25) is 5.75 Å². The van der Waals surface area contributed by atoms with Crippen LogP contribution in [-0.4, -0.2) is 99.1 Å². The Hall–Kier alpha value is -4.29. The number of ether oxygens (including phenoxy) is 5. The first kappa shape index (κ1) is 30.9. The highest BCUT2D eigenvalue weighted by Crippen LogP contribution is 2.38. The van der Waals surface area contributed by atoms with Gasteiger partial charge in [-0.05, 0) is 42.0 Å². The van der Waals surface area contributed by atoms with E-state index in [2.05, 4.69) is 9.80 Å². The van der Waals surface area contributed by atoms with Crippen LogP contribution in [0.15, 0.2) is 48.6 Å². The van der Waals surface area contributed by atoms with E-state index < -0.39 is 11.9 Å². The molecule has 2 aromatic carbocycles. The monoisotopic (exact) mass is 546 g/mol. The van der Waals surface area contributed by atoms with Crippen molar-refractivity contribution in [2.75, 3.05) is 61.2 Å². The number of esters is 1. The fraction of sp³-hybridized carbons (Fsp3) is 0.370. The topological polar surface area (TPSA) is 144 Å². The molecule has 0 aromatic heterocycles. The Morgan fingerprint density at radius 3 is 1.67 bits per heavy atom. The molecule has 0 radical (unpaired) electrons. The number of piperazine rings is 1. The number of rotatable bonds is 11. The zero-order chi connectivity index (χ0) is 28.8. The van der Waals surface area contributed by atoms with E-state index in [-0.39, 0.29) is 12.5 Å². The van der Waals surface area contributed by atoms with Crippen molar-refractivity contribution in [1.29, 1.82) is 0 Å². The number of aliphatic carboxylic acids is 2. The summed E-state index contributed by atoms with van der Waals surface area (Å²) in [6.45, 7) is 4.33. The van der Waals surface area contributed by atoms with E-state index in [0.717, 1.165) is 44.0 Å². The van der Waals surface area contributed by atoms with E-state index in [4.69, 9.17) is 33.9 Å². The molecular formula is C27H34N2O10. The number of carboxylic acids is 2. The first-order chi connectivity index (χ1) is 18.7. The smallest absolute Gasteiger partial charge is 0.328 e. The number of benzene rings is 2. The summed E-state index contributed by atoms with van der Waals surface area (Å²) in [6, 6.07) is 10.9. The highest BCUT2D eigenvalue weighted by Gasteiger charge is 2.21. The molecule has 0 amide bonds. The van der Waals surface area contributed by atoms with Gasteiger partial charge in [-0.15, -0.1) is 0 Å². The van der Waals surface area contributed by atoms with Gasteiger partial charge in [-0.25, -0.2) is 9.59 Å². The minimum absolute atomic E-state index is 0.261. The lowest BCUT2D eigenvalue weighted by Crippen LogP contribution is -2.48. The number of methoxy groups -OCH3 is 4. The average molecular weight is 547 g/mol. The first-order valence-electron chi connectivity index (χ1n) is 11.9. The van der Waals surface area contributed by atoms with Gasteiger partial charge >= 0.3 is 17.9 Å². The summed E-state index contributed by atoms with van der Waals surface area (Å²) in [7, 11) is 6.43. The zero-order valence-corrected chi connectivity index (χ0v) is 22.4. The van der Waals surface area contributed by atoms with Crippen LogP contribution >= 0.6 is 0 Å². The van der Waals surface area contributed by atoms with Crippen molar-refractivity contribution in [2.24, 2.45) is 0 Å². The summed E-state index contributed by atoms with van der Waals surface area (Å²) in [5.41, 5.74) is 1.09. The molecule has 1 aliphatic heterocycles. The molecule has 3 rings (SSSR count). The van der Waals surface area contributed by atoms with Crippen molar-refractivity contribution in [2.45, 2.75) is 6.54 Å². The fourth-order valence-electron chi connectivity index (χ4n) is 3.72. The summed E-state index contributed by atoms with van der Waals surface area (Å²) >= 11 is 0. The molecule has 0 atom stereocenters. The number of nitrogens with zero attached hydrogens (tertiary/aromatic N) is 2. The molecule has 1 fully saturated rings. The Balaban J connectivity index is 0.000000580. The molecule has 1 saturated heterocycles. The van der Waals surface area contributed by atoms with Gasteiger partial charge in [0.1, 0.15) is 11.5 Å². The lowest BCUT2D eigenvalue weighted by atomic mass is 10.1. The molecular weight excluding hydrogens is 512 g/mol. The summed E-state index contributed by atoms with van der Waals surface area (Å²) < 4.78 is 26.8. The summed E-state index contributed by atoms with van der Waals surface area (Å²) in [4.78, 5) is 35.8. The number of carbonyl (C=O) groups excluding carboxylic acids is 1. The second kappa shape index (κ2) is 15.8. The number of hydrogen-bond acceptors (Lipinski definition) is 10. The van der Waals surface area contributed by atoms with Crippen LogP contribution in [0.4, 0.5) is 0 Å². The minimum Gasteiger partial charge on any atom is -0.497 e. The molecule has 0 spiro atoms. The van der Waals surface area contributed by atoms with Gasteiger partial charge in [-0.1, -0.05) is 0 Å². The third-order valence-electron chi connectivity index (χ3n) is 5.61. The lowest BCUT2D eigenvalue weighted by molar-refractivity contribution is -0.136. The van der Waals surface area contributed by atoms with Crippen molar-refractivity contribution >= 4 is 17.9 Å². The molecule has 0 aliphatic carbocycles. The minimum atomic E-state index is -1.26. The van der Waals surface area contributed by atoms with Gasteiger partial charge in [-0.2, -0.15) is 0 Å². The zero-order valence-electron chi connectivity index (χ0n) is 22.4. The quantitative estimate of drug-likeness (QED) is 0.242. The molecule has 212 valence electrons. The summed E-state index contributed by atoms with van der Waals surface area (Å²) in [5, 5.41) is 15.6. The van der Waals surface area contributed by atoms with Gasteiger partial charge in [0.15, 0.2) is 11.5 Å². The van der Waals surface area contributed by atoms with Gasteiger partial charge in [0.05, 0.1) is 35.0 Å². The molecule has 12 nitrogen and oxygen atoms in total. The maximum atomic E-state index is 12.3. The van der Waals surface area contributed by atoms with Crippen molar-refractivity contribution in [1.82, 2.24) is 9.80 Å². The summed E-state index contributed by atoms with van der Waals surface area (Å²) in [5.74, 6) is 0.361. The number of hydrogen-bond donors (Lipinski definition) is 2. The standard InChI is InChI=1S/C23H30N2O6.C4H4O4/c1-27-18-5-7-19(8-6-18)31-22(26)16-25-11-9-24(10-12-25)15-17-13-20(28-2)23(30-4)21(14-17)29-3;5-3(6)1-2-4(7)8/h5-8,13-14H,9-12,15-16H2,1-4H3;1-2H,(H,5,6)(H,7,8)/b;2-1+. The molecule has 2 N–H and O–H groups in total. The van der Waals surface area contributed by atoms with Crippen LogP contribution in [0.2, 0.25) is 0 Å². The second-order valence-electron chi connectivity index (χ2n) is 8.25. The maximum Gasteiger partial charge on any atom is 0.328 e. The maximum absolute atomic E-state index is 12.3. The largest absolute Gasteiger partial charge is 0.497 e. The highest BCUT2D eigenvalue weighted by atomic mass is 16.5. The van der Waals surface area contributed by atoms with E-state index in [1.165, 1.54) is 0 Å². The molecule has 0 unspecified atom stereocenters. The Labute approximate surface area is 226 Å². The van der Waals surface area contributed by atoms with Crippen LogP contribution in [-0.2, 0) is 20.9 Å². The van der Waals surface area contributed by atoms with Gasteiger partial charge in [0, 0.05) is 44.9 Å². The Bertz CT molecular complexity index is 1080. The molecule has 12 heteroatoms. The van der Waals surface area contributed by atoms with Crippen LogP contribution in [0.3, 0.4) is 0 Å². The van der Waals surface area contributed by atoms with Crippen LogP contribution in [0.1, 0.15) is 5.56 Å².